The SMILES string of the molecule is C=CCNC(=O)[C@@H](C)N1CCN(c2ccccc2F)CC1. The first-order chi connectivity index (χ1) is 10.1. The number of carbonyl (C=O) groups excluding carboxylic acids is 1. The van der Waals surface area contributed by atoms with Crippen LogP contribution in [-0.4, -0.2) is 49.6 Å². The van der Waals surface area contributed by atoms with E-state index in [0.717, 1.165) is 26.2 Å². The van der Waals surface area contributed by atoms with Gasteiger partial charge in [0.1, 0.15) is 5.82 Å². The molecule has 1 aromatic rings. The van der Waals surface area contributed by atoms with Crippen LogP contribution in [0, 0.1) is 5.82 Å². The fourth-order valence-electron chi connectivity index (χ4n) is 2.54. The zero-order chi connectivity index (χ0) is 15.2. The van der Waals surface area contributed by atoms with E-state index in [1.807, 2.05) is 17.9 Å². The Morgan fingerprint density at radius 2 is 2.05 bits per heavy atom. The Hall–Kier alpha value is -1.88. The van der Waals surface area contributed by atoms with E-state index >= 15 is 0 Å². The first-order valence-electron chi connectivity index (χ1n) is 7.25. The summed E-state index contributed by atoms with van der Waals surface area (Å²) < 4.78 is 13.8. The molecule has 1 fully saturated rings. The fourth-order valence-corrected chi connectivity index (χ4v) is 2.54. The Kier molecular flexibility index (Phi) is 5.33. The first-order valence-corrected chi connectivity index (χ1v) is 7.25. The van der Waals surface area contributed by atoms with E-state index in [2.05, 4.69) is 16.8 Å². The van der Waals surface area contributed by atoms with Crippen molar-refractivity contribution in [2.24, 2.45) is 0 Å². The standard InChI is InChI=1S/C16H22FN3O/c1-3-8-18-16(21)13(2)19-9-11-20(12-10-19)15-7-5-4-6-14(15)17/h3-7,13H,1,8-12H2,2H3,(H,18,21)/t13-/m1/s1. The Morgan fingerprint density at radius 1 is 1.38 bits per heavy atom. The topological polar surface area (TPSA) is 35.6 Å². The molecule has 1 aliphatic heterocycles. The number of nitrogens with zero attached hydrogens (tertiary/aromatic N) is 2. The lowest BCUT2D eigenvalue weighted by molar-refractivity contribution is -0.125. The molecule has 2 rings (SSSR count). The molecule has 0 aliphatic carbocycles. The normalized spacial score (nSPS) is 17.3. The molecule has 1 N–H and O–H groups in total. The highest BCUT2D eigenvalue weighted by Gasteiger charge is 2.26. The van der Waals surface area contributed by atoms with Gasteiger partial charge in [-0.05, 0) is 19.1 Å². The molecule has 0 aromatic heterocycles. The van der Waals surface area contributed by atoms with Crippen molar-refractivity contribution in [3.05, 3.63) is 42.7 Å². The van der Waals surface area contributed by atoms with Crippen molar-refractivity contribution in [2.45, 2.75) is 13.0 Å². The van der Waals surface area contributed by atoms with E-state index in [9.17, 15) is 9.18 Å². The molecule has 21 heavy (non-hydrogen) atoms. The largest absolute Gasteiger partial charge is 0.367 e. The Balaban J connectivity index is 1.90. The number of carbonyl (C=O) groups is 1. The van der Waals surface area contributed by atoms with Gasteiger partial charge in [0.05, 0.1) is 11.7 Å². The second-order valence-electron chi connectivity index (χ2n) is 5.18. The molecule has 4 nitrogen and oxygen atoms in total. The zero-order valence-corrected chi connectivity index (χ0v) is 12.4. The zero-order valence-electron chi connectivity index (χ0n) is 12.4. The minimum atomic E-state index is -0.192. The van der Waals surface area contributed by atoms with Crippen LogP contribution in [0.1, 0.15) is 6.92 Å². The van der Waals surface area contributed by atoms with E-state index in [1.54, 1.807) is 18.2 Å². The molecule has 5 heteroatoms. The quantitative estimate of drug-likeness (QED) is 0.838. The van der Waals surface area contributed by atoms with Crippen LogP contribution in [0.3, 0.4) is 0 Å². The summed E-state index contributed by atoms with van der Waals surface area (Å²) in [5.74, 6) is -0.183. The van der Waals surface area contributed by atoms with Gasteiger partial charge in [-0.25, -0.2) is 4.39 Å². The number of hydrogen-bond acceptors (Lipinski definition) is 3. The third-order valence-electron chi connectivity index (χ3n) is 3.86. The third kappa shape index (κ3) is 3.82. The summed E-state index contributed by atoms with van der Waals surface area (Å²) in [4.78, 5) is 16.1. The number of halogens is 1. The van der Waals surface area contributed by atoms with Crippen LogP contribution in [0.25, 0.3) is 0 Å². The van der Waals surface area contributed by atoms with Crippen LogP contribution in [0.5, 0.6) is 0 Å². The Labute approximate surface area is 125 Å². The first kappa shape index (κ1) is 15.5. The maximum atomic E-state index is 13.8. The maximum Gasteiger partial charge on any atom is 0.237 e. The highest BCUT2D eigenvalue weighted by atomic mass is 19.1. The van der Waals surface area contributed by atoms with Crippen molar-refractivity contribution in [1.82, 2.24) is 10.2 Å². The van der Waals surface area contributed by atoms with Gasteiger partial charge >= 0.3 is 0 Å². The summed E-state index contributed by atoms with van der Waals surface area (Å²) in [5.41, 5.74) is 0.640. The Morgan fingerprint density at radius 3 is 2.67 bits per heavy atom. The number of rotatable bonds is 5. The van der Waals surface area contributed by atoms with Crippen LogP contribution < -0.4 is 10.2 Å². The maximum absolute atomic E-state index is 13.8. The lowest BCUT2D eigenvalue weighted by Crippen LogP contribution is -2.54. The van der Waals surface area contributed by atoms with E-state index in [0.29, 0.717) is 12.2 Å². The van der Waals surface area contributed by atoms with Crippen LogP contribution in [0.15, 0.2) is 36.9 Å². The second kappa shape index (κ2) is 7.22. The molecule has 1 amide bonds. The number of piperazine rings is 1. The van der Waals surface area contributed by atoms with E-state index < -0.39 is 0 Å². The van der Waals surface area contributed by atoms with Crippen LogP contribution in [-0.2, 0) is 4.79 Å². The summed E-state index contributed by atoms with van der Waals surface area (Å²) in [5, 5.41) is 2.81. The molecular weight excluding hydrogens is 269 g/mol. The van der Waals surface area contributed by atoms with E-state index in [1.165, 1.54) is 6.07 Å². The molecule has 1 aromatic carbocycles. The van der Waals surface area contributed by atoms with Gasteiger partial charge in [-0.2, -0.15) is 0 Å². The van der Waals surface area contributed by atoms with Crippen molar-refractivity contribution in [2.75, 3.05) is 37.6 Å². The number of hydrogen-bond donors (Lipinski definition) is 1. The molecule has 1 heterocycles. The van der Waals surface area contributed by atoms with Crippen molar-refractivity contribution >= 4 is 11.6 Å². The second-order valence-corrected chi connectivity index (χ2v) is 5.18. The lowest BCUT2D eigenvalue weighted by Gasteiger charge is -2.38. The van der Waals surface area contributed by atoms with Gasteiger partial charge in [-0.15, -0.1) is 6.58 Å². The highest BCUT2D eigenvalue weighted by molar-refractivity contribution is 5.81. The van der Waals surface area contributed by atoms with E-state index in [-0.39, 0.29) is 17.8 Å². The predicted octanol–water partition coefficient (Wildman–Crippen LogP) is 1.64. The molecule has 0 spiro atoms. The van der Waals surface area contributed by atoms with Crippen LogP contribution >= 0.6 is 0 Å². The predicted molar refractivity (Wildman–Crippen MR) is 82.9 cm³/mol. The summed E-state index contributed by atoms with van der Waals surface area (Å²) in [6, 6.07) is 6.64. The number of nitrogens with one attached hydrogen (secondary N) is 1. The van der Waals surface area contributed by atoms with Crippen LogP contribution in [0.4, 0.5) is 10.1 Å². The highest BCUT2D eigenvalue weighted by Crippen LogP contribution is 2.20. The van der Waals surface area contributed by atoms with Gasteiger partial charge in [-0.1, -0.05) is 18.2 Å². The monoisotopic (exact) mass is 291 g/mol. The molecule has 1 saturated heterocycles. The van der Waals surface area contributed by atoms with Gasteiger partial charge in [0.15, 0.2) is 0 Å². The number of amides is 1. The van der Waals surface area contributed by atoms with Crippen LogP contribution in [0.2, 0.25) is 0 Å². The van der Waals surface area contributed by atoms with Crippen molar-refractivity contribution in [3.63, 3.8) is 0 Å². The van der Waals surface area contributed by atoms with E-state index in [4.69, 9.17) is 0 Å². The van der Waals surface area contributed by atoms with Crippen molar-refractivity contribution in [1.29, 1.82) is 0 Å². The number of benzene rings is 1. The van der Waals surface area contributed by atoms with Gasteiger partial charge in [0, 0.05) is 32.7 Å². The van der Waals surface area contributed by atoms with Crippen molar-refractivity contribution in [3.8, 4) is 0 Å². The van der Waals surface area contributed by atoms with Gasteiger partial charge in [0.25, 0.3) is 0 Å². The summed E-state index contributed by atoms with van der Waals surface area (Å²) in [6.07, 6.45) is 1.67. The number of anilines is 1. The minimum absolute atomic E-state index is 0.00856. The molecule has 0 saturated carbocycles. The van der Waals surface area contributed by atoms with Gasteiger partial charge in [-0.3, -0.25) is 9.69 Å². The Bertz CT molecular complexity index is 498. The molecule has 114 valence electrons. The van der Waals surface area contributed by atoms with Gasteiger partial charge < -0.3 is 10.2 Å². The lowest BCUT2D eigenvalue weighted by atomic mass is 10.2. The minimum Gasteiger partial charge on any atom is -0.367 e. The fraction of sp³-hybridized carbons (Fsp3) is 0.438. The molecule has 0 unspecified atom stereocenters. The molecule has 1 aliphatic rings. The number of para-hydroxylation sites is 1. The van der Waals surface area contributed by atoms with Gasteiger partial charge in [0.2, 0.25) is 5.91 Å². The summed E-state index contributed by atoms with van der Waals surface area (Å²) in [6.45, 7) is 8.91. The molecule has 0 radical (unpaired) electrons. The summed E-state index contributed by atoms with van der Waals surface area (Å²) in [7, 11) is 0. The molecular formula is C16H22FN3O. The third-order valence-corrected chi connectivity index (χ3v) is 3.86. The molecule has 1 atom stereocenters. The molecule has 0 bridgehead atoms. The average Bonchev–Trinajstić information content (AvgIpc) is 2.52. The smallest absolute Gasteiger partial charge is 0.237 e. The summed E-state index contributed by atoms with van der Waals surface area (Å²) >= 11 is 0. The average molecular weight is 291 g/mol. The van der Waals surface area contributed by atoms with Crippen molar-refractivity contribution < 1.29 is 9.18 Å².